The van der Waals surface area contributed by atoms with Gasteiger partial charge in [0.15, 0.2) is 5.69 Å². The zero-order valence-electron chi connectivity index (χ0n) is 15.4. The number of carbonyl (C=O) groups is 2. The highest BCUT2D eigenvalue weighted by Gasteiger charge is 2.26. The molecule has 0 fully saturated rings. The first-order chi connectivity index (χ1) is 12.5. The van der Waals surface area contributed by atoms with Crippen molar-refractivity contribution >= 4 is 11.8 Å². The van der Waals surface area contributed by atoms with Crippen LogP contribution < -0.4 is 5.32 Å². The molecule has 0 bridgehead atoms. The van der Waals surface area contributed by atoms with Gasteiger partial charge in [0.1, 0.15) is 5.69 Å². The van der Waals surface area contributed by atoms with E-state index in [1.807, 2.05) is 35.2 Å². The quantitative estimate of drug-likeness (QED) is 0.867. The lowest BCUT2D eigenvalue weighted by atomic mass is 10.1. The van der Waals surface area contributed by atoms with Crippen LogP contribution in [0.15, 0.2) is 36.4 Å². The number of fused-ring (bicyclic) bond motifs is 1. The SMILES string of the molecule is CC(C)CCNC(=O)c1cc2n(n1)CCCN(Cc1ccccc1)C2=O. The lowest BCUT2D eigenvalue weighted by molar-refractivity contribution is 0.0745. The Hall–Kier alpha value is -2.63. The summed E-state index contributed by atoms with van der Waals surface area (Å²) in [6, 6.07) is 11.6. The second-order valence-electron chi connectivity index (χ2n) is 7.14. The minimum absolute atomic E-state index is 0.0694. The van der Waals surface area contributed by atoms with Crippen LogP contribution in [0.3, 0.4) is 0 Å². The van der Waals surface area contributed by atoms with Gasteiger partial charge in [-0.1, -0.05) is 44.2 Å². The minimum Gasteiger partial charge on any atom is -0.351 e. The summed E-state index contributed by atoms with van der Waals surface area (Å²) in [6.45, 7) is 6.75. The molecule has 1 aliphatic heterocycles. The predicted octanol–water partition coefficient (Wildman–Crippen LogP) is 2.71. The molecule has 26 heavy (non-hydrogen) atoms. The smallest absolute Gasteiger partial charge is 0.272 e. The maximum absolute atomic E-state index is 12.9. The third kappa shape index (κ3) is 4.31. The molecule has 2 heterocycles. The van der Waals surface area contributed by atoms with Crippen molar-refractivity contribution in [3.63, 3.8) is 0 Å². The first-order valence-electron chi connectivity index (χ1n) is 9.24. The summed E-state index contributed by atoms with van der Waals surface area (Å²) in [5.74, 6) is 0.246. The normalized spacial score (nSPS) is 14.3. The molecule has 0 spiro atoms. The van der Waals surface area contributed by atoms with Crippen molar-refractivity contribution in [2.24, 2.45) is 5.92 Å². The van der Waals surface area contributed by atoms with Crippen LogP contribution in [0.1, 0.15) is 53.2 Å². The molecule has 0 radical (unpaired) electrons. The average molecular weight is 354 g/mol. The van der Waals surface area contributed by atoms with Crippen LogP contribution in [0.5, 0.6) is 0 Å². The van der Waals surface area contributed by atoms with Crippen LogP contribution in [0, 0.1) is 5.92 Å². The van der Waals surface area contributed by atoms with Gasteiger partial charge in [0.25, 0.3) is 11.8 Å². The zero-order chi connectivity index (χ0) is 18.5. The Labute approximate surface area is 154 Å². The fourth-order valence-electron chi connectivity index (χ4n) is 3.06. The van der Waals surface area contributed by atoms with Crippen molar-refractivity contribution in [2.75, 3.05) is 13.1 Å². The lowest BCUT2D eigenvalue weighted by Crippen LogP contribution is -2.30. The van der Waals surface area contributed by atoms with E-state index in [1.54, 1.807) is 10.7 Å². The highest BCUT2D eigenvalue weighted by molar-refractivity contribution is 5.98. The van der Waals surface area contributed by atoms with Crippen LogP contribution in [0.4, 0.5) is 0 Å². The average Bonchev–Trinajstić information content (AvgIpc) is 2.99. The van der Waals surface area contributed by atoms with E-state index in [2.05, 4.69) is 24.3 Å². The van der Waals surface area contributed by atoms with Gasteiger partial charge in [-0.2, -0.15) is 5.10 Å². The van der Waals surface area contributed by atoms with Gasteiger partial charge in [-0.3, -0.25) is 14.3 Å². The van der Waals surface area contributed by atoms with E-state index in [-0.39, 0.29) is 11.8 Å². The summed E-state index contributed by atoms with van der Waals surface area (Å²) in [4.78, 5) is 27.0. The number of rotatable bonds is 6. The molecule has 1 aromatic heterocycles. The number of hydrogen-bond donors (Lipinski definition) is 1. The standard InChI is InChI=1S/C20H26N4O2/c1-15(2)9-10-21-19(25)17-13-18-20(26)23(11-6-12-24(18)22-17)14-16-7-4-3-5-8-16/h3-5,7-8,13,15H,6,9-12,14H2,1-2H3,(H,21,25). The van der Waals surface area contributed by atoms with Gasteiger partial charge in [0.05, 0.1) is 0 Å². The highest BCUT2D eigenvalue weighted by Crippen LogP contribution is 2.16. The lowest BCUT2D eigenvalue weighted by Gasteiger charge is -2.20. The minimum atomic E-state index is -0.214. The molecule has 0 aliphatic carbocycles. The maximum atomic E-state index is 12.9. The van der Waals surface area contributed by atoms with E-state index in [4.69, 9.17) is 0 Å². The third-order valence-electron chi connectivity index (χ3n) is 4.54. The number of aromatic nitrogens is 2. The Morgan fingerprint density at radius 2 is 2.00 bits per heavy atom. The van der Waals surface area contributed by atoms with Crippen LogP contribution in [0.25, 0.3) is 0 Å². The summed E-state index contributed by atoms with van der Waals surface area (Å²) in [7, 11) is 0. The van der Waals surface area contributed by atoms with Gasteiger partial charge >= 0.3 is 0 Å². The van der Waals surface area contributed by atoms with E-state index in [0.29, 0.717) is 43.5 Å². The molecule has 1 aromatic carbocycles. The van der Waals surface area contributed by atoms with Crippen molar-refractivity contribution < 1.29 is 9.59 Å². The van der Waals surface area contributed by atoms with E-state index in [0.717, 1.165) is 18.4 Å². The second-order valence-corrected chi connectivity index (χ2v) is 7.14. The molecular weight excluding hydrogens is 328 g/mol. The summed E-state index contributed by atoms with van der Waals surface area (Å²) >= 11 is 0. The van der Waals surface area contributed by atoms with Crippen molar-refractivity contribution in [3.8, 4) is 0 Å². The largest absolute Gasteiger partial charge is 0.351 e. The molecule has 1 N–H and O–H groups in total. The summed E-state index contributed by atoms with van der Waals surface area (Å²) in [5.41, 5.74) is 1.91. The van der Waals surface area contributed by atoms with Crippen LogP contribution >= 0.6 is 0 Å². The Bertz CT molecular complexity index is 767. The Balaban J connectivity index is 1.71. The molecule has 0 saturated heterocycles. The molecule has 6 heteroatoms. The van der Waals surface area contributed by atoms with Crippen LogP contribution in [-0.2, 0) is 13.1 Å². The molecular formula is C20H26N4O2. The number of carbonyl (C=O) groups excluding carboxylic acids is 2. The molecule has 138 valence electrons. The number of benzene rings is 1. The molecule has 0 unspecified atom stereocenters. The number of aryl methyl sites for hydroxylation is 1. The van der Waals surface area contributed by atoms with Crippen molar-refractivity contribution in [3.05, 3.63) is 53.3 Å². The maximum Gasteiger partial charge on any atom is 0.272 e. The van der Waals surface area contributed by atoms with E-state index in [1.165, 1.54) is 0 Å². The monoisotopic (exact) mass is 354 g/mol. The Morgan fingerprint density at radius 1 is 1.23 bits per heavy atom. The van der Waals surface area contributed by atoms with Gasteiger partial charge in [0.2, 0.25) is 0 Å². The van der Waals surface area contributed by atoms with E-state index >= 15 is 0 Å². The first kappa shape index (κ1) is 18.2. The fraction of sp³-hybridized carbons (Fsp3) is 0.450. The summed E-state index contributed by atoms with van der Waals surface area (Å²) in [5, 5.41) is 7.24. The van der Waals surface area contributed by atoms with E-state index in [9.17, 15) is 9.59 Å². The fourth-order valence-corrected chi connectivity index (χ4v) is 3.06. The van der Waals surface area contributed by atoms with Gasteiger partial charge in [-0.25, -0.2) is 0 Å². The molecule has 6 nitrogen and oxygen atoms in total. The number of hydrogen-bond acceptors (Lipinski definition) is 3. The third-order valence-corrected chi connectivity index (χ3v) is 4.54. The van der Waals surface area contributed by atoms with E-state index < -0.39 is 0 Å². The van der Waals surface area contributed by atoms with Crippen LogP contribution in [0.2, 0.25) is 0 Å². The van der Waals surface area contributed by atoms with Gasteiger partial charge in [0, 0.05) is 32.2 Å². The molecule has 3 rings (SSSR count). The van der Waals surface area contributed by atoms with Crippen LogP contribution in [-0.4, -0.2) is 39.6 Å². The molecule has 2 amide bonds. The number of nitrogens with zero attached hydrogens (tertiary/aromatic N) is 3. The highest BCUT2D eigenvalue weighted by atomic mass is 16.2. The summed E-state index contributed by atoms with van der Waals surface area (Å²) < 4.78 is 1.67. The van der Waals surface area contributed by atoms with Gasteiger partial charge in [-0.05, 0) is 24.3 Å². The van der Waals surface area contributed by atoms with Crippen molar-refractivity contribution in [1.82, 2.24) is 20.0 Å². The van der Waals surface area contributed by atoms with Crippen molar-refractivity contribution in [2.45, 2.75) is 39.8 Å². The topological polar surface area (TPSA) is 67.2 Å². The number of amides is 2. The Kier molecular flexibility index (Phi) is 5.71. The first-order valence-corrected chi connectivity index (χ1v) is 9.24. The second kappa shape index (κ2) is 8.17. The zero-order valence-corrected chi connectivity index (χ0v) is 15.4. The Morgan fingerprint density at radius 3 is 2.73 bits per heavy atom. The molecule has 0 atom stereocenters. The molecule has 1 aliphatic rings. The molecule has 2 aromatic rings. The summed E-state index contributed by atoms with van der Waals surface area (Å²) in [6.07, 6.45) is 1.74. The van der Waals surface area contributed by atoms with Gasteiger partial charge < -0.3 is 10.2 Å². The number of nitrogens with one attached hydrogen (secondary N) is 1. The predicted molar refractivity (Wildman–Crippen MR) is 99.8 cm³/mol. The van der Waals surface area contributed by atoms with Gasteiger partial charge in [-0.15, -0.1) is 0 Å². The molecule has 0 saturated carbocycles. The van der Waals surface area contributed by atoms with Crippen molar-refractivity contribution in [1.29, 1.82) is 0 Å².